The summed E-state index contributed by atoms with van der Waals surface area (Å²) in [4.78, 5) is 22.5. The summed E-state index contributed by atoms with van der Waals surface area (Å²) in [5.74, 6) is -0.904. The van der Waals surface area contributed by atoms with Gasteiger partial charge in [0.1, 0.15) is 6.42 Å². The Bertz CT molecular complexity index is 296. The molecule has 6 heteroatoms. The van der Waals surface area contributed by atoms with E-state index in [0.717, 1.165) is 12.8 Å². The van der Waals surface area contributed by atoms with Crippen molar-refractivity contribution in [3.63, 3.8) is 0 Å². The van der Waals surface area contributed by atoms with Crippen molar-refractivity contribution in [2.45, 2.75) is 31.4 Å². The van der Waals surface area contributed by atoms with Crippen LogP contribution in [0.1, 0.15) is 26.2 Å². The second-order valence-corrected chi connectivity index (χ2v) is 5.57. The molecule has 0 aliphatic carbocycles. The minimum absolute atomic E-state index is 0.0231. The molecule has 1 unspecified atom stereocenters. The van der Waals surface area contributed by atoms with Crippen molar-refractivity contribution in [2.75, 3.05) is 25.6 Å². The fraction of sp³-hybridized carbons (Fsp3) is 0.818. The van der Waals surface area contributed by atoms with Gasteiger partial charge >= 0.3 is 5.97 Å². The number of rotatable bonds is 6. The lowest BCUT2D eigenvalue weighted by atomic mass is 10.2. The first-order chi connectivity index (χ1) is 8.13. The van der Waals surface area contributed by atoms with E-state index >= 15 is 0 Å². The fourth-order valence-corrected chi connectivity index (χ4v) is 3.01. The molecule has 1 aliphatic rings. The Morgan fingerprint density at radius 1 is 1.35 bits per heavy atom. The molecule has 0 spiro atoms. The van der Waals surface area contributed by atoms with E-state index in [0.29, 0.717) is 13.2 Å². The SMILES string of the molecule is CCOC(=O)CC(=O)CS(=O)C1CCOCC1. The first-order valence-corrected chi connectivity index (χ1v) is 7.14. The molecule has 0 aromatic carbocycles. The molecule has 5 nitrogen and oxygen atoms in total. The van der Waals surface area contributed by atoms with Crippen LogP contribution in [0.3, 0.4) is 0 Å². The van der Waals surface area contributed by atoms with Crippen LogP contribution in [0.15, 0.2) is 0 Å². The summed E-state index contributed by atoms with van der Waals surface area (Å²) in [6.07, 6.45) is 1.17. The van der Waals surface area contributed by atoms with E-state index < -0.39 is 16.8 Å². The fourth-order valence-electron chi connectivity index (χ4n) is 1.64. The van der Waals surface area contributed by atoms with E-state index in [4.69, 9.17) is 4.74 Å². The lowest BCUT2D eigenvalue weighted by Crippen LogP contribution is -2.29. The molecule has 1 atom stereocenters. The summed E-state index contributed by atoms with van der Waals surface area (Å²) in [5, 5.41) is 0.0231. The lowest BCUT2D eigenvalue weighted by Gasteiger charge is -2.20. The largest absolute Gasteiger partial charge is 0.466 e. The average Bonchev–Trinajstić information content (AvgIpc) is 2.30. The Kier molecular flexibility index (Phi) is 6.36. The summed E-state index contributed by atoms with van der Waals surface area (Å²) in [7, 11) is -1.19. The highest BCUT2D eigenvalue weighted by molar-refractivity contribution is 7.86. The van der Waals surface area contributed by atoms with Crippen LogP contribution in [0.2, 0.25) is 0 Å². The van der Waals surface area contributed by atoms with Crippen molar-refractivity contribution in [3.8, 4) is 0 Å². The number of hydrogen-bond acceptors (Lipinski definition) is 5. The number of Topliss-reactive ketones (excluding diaryl/α,β-unsaturated/α-hetero) is 1. The van der Waals surface area contributed by atoms with Gasteiger partial charge in [0.15, 0.2) is 5.78 Å². The van der Waals surface area contributed by atoms with Gasteiger partial charge in [-0.05, 0) is 19.8 Å². The molecule has 1 rings (SSSR count). The summed E-state index contributed by atoms with van der Waals surface area (Å²) in [5.41, 5.74) is 0. The van der Waals surface area contributed by atoms with Crippen LogP contribution in [0, 0.1) is 0 Å². The molecule has 0 N–H and O–H groups in total. The number of ether oxygens (including phenoxy) is 2. The van der Waals surface area contributed by atoms with Gasteiger partial charge in [-0.1, -0.05) is 0 Å². The van der Waals surface area contributed by atoms with Crippen LogP contribution in [0.25, 0.3) is 0 Å². The zero-order chi connectivity index (χ0) is 12.7. The lowest BCUT2D eigenvalue weighted by molar-refractivity contribution is -0.145. The number of ketones is 1. The zero-order valence-corrected chi connectivity index (χ0v) is 10.8. The number of carbonyl (C=O) groups is 2. The average molecular weight is 262 g/mol. The van der Waals surface area contributed by atoms with Gasteiger partial charge in [0.25, 0.3) is 0 Å². The van der Waals surface area contributed by atoms with Crippen LogP contribution in [-0.2, 0) is 29.9 Å². The van der Waals surface area contributed by atoms with Crippen molar-refractivity contribution >= 4 is 22.6 Å². The molecule has 0 bridgehead atoms. The third-order valence-corrected chi connectivity index (χ3v) is 4.31. The van der Waals surface area contributed by atoms with Gasteiger partial charge in [-0.2, -0.15) is 0 Å². The molecule has 0 aromatic heterocycles. The molecule has 1 heterocycles. The van der Waals surface area contributed by atoms with Gasteiger partial charge in [0, 0.05) is 29.3 Å². The molecule has 1 saturated heterocycles. The monoisotopic (exact) mass is 262 g/mol. The van der Waals surface area contributed by atoms with E-state index in [1.807, 2.05) is 0 Å². The van der Waals surface area contributed by atoms with E-state index in [1.54, 1.807) is 6.92 Å². The highest BCUT2D eigenvalue weighted by Gasteiger charge is 2.23. The number of esters is 1. The van der Waals surface area contributed by atoms with Gasteiger partial charge in [-0.25, -0.2) is 0 Å². The van der Waals surface area contributed by atoms with Gasteiger partial charge in [-0.15, -0.1) is 0 Å². The van der Waals surface area contributed by atoms with Crippen LogP contribution in [0.5, 0.6) is 0 Å². The third-order valence-electron chi connectivity index (χ3n) is 2.49. The summed E-state index contributed by atoms with van der Waals surface area (Å²) < 4.78 is 21.6. The van der Waals surface area contributed by atoms with E-state index in [9.17, 15) is 13.8 Å². The first-order valence-electron chi connectivity index (χ1n) is 5.75. The molecule has 17 heavy (non-hydrogen) atoms. The topological polar surface area (TPSA) is 69.7 Å². The highest BCUT2D eigenvalue weighted by atomic mass is 32.2. The minimum atomic E-state index is -1.19. The Balaban J connectivity index is 2.29. The maximum Gasteiger partial charge on any atom is 0.313 e. The van der Waals surface area contributed by atoms with Gasteiger partial charge in [0.05, 0.1) is 12.4 Å². The van der Waals surface area contributed by atoms with Crippen molar-refractivity contribution in [3.05, 3.63) is 0 Å². The number of hydrogen-bond donors (Lipinski definition) is 0. The molecular weight excluding hydrogens is 244 g/mol. The van der Waals surface area contributed by atoms with Crippen LogP contribution in [-0.4, -0.2) is 46.8 Å². The Hall–Kier alpha value is -0.750. The summed E-state index contributed by atoms with van der Waals surface area (Å²) >= 11 is 0. The minimum Gasteiger partial charge on any atom is -0.466 e. The van der Waals surface area contributed by atoms with Gasteiger partial charge in [0.2, 0.25) is 0 Å². The Labute approximate surface area is 103 Å². The van der Waals surface area contributed by atoms with E-state index in [1.165, 1.54) is 0 Å². The standard InChI is InChI=1S/C11H18O5S/c1-2-16-11(13)7-9(12)8-17(14)10-3-5-15-6-4-10/h10H,2-8H2,1H3. The van der Waals surface area contributed by atoms with Gasteiger partial charge < -0.3 is 9.47 Å². The zero-order valence-electron chi connectivity index (χ0n) is 9.98. The predicted molar refractivity (Wildman–Crippen MR) is 63.1 cm³/mol. The molecule has 0 aromatic rings. The Morgan fingerprint density at radius 2 is 2.00 bits per heavy atom. The highest BCUT2D eigenvalue weighted by Crippen LogP contribution is 2.13. The maximum absolute atomic E-state index is 11.8. The first kappa shape index (κ1) is 14.3. The smallest absolute Gasteiger partial charge is 0.313 e. The van der Waals surface area contributed by atoms with Gasteiger partial charge in [-0.3, -0.25) is 13.8 Å². The molecule has 0 amide bonds. The quantitative estimate of drug-likeness (QED) is 0.513. The van der Waals surface area contributed by atoms with E-state index in [-0.39, 0.29) is 29.8 Å². The van der Waals surface area contributed by atoms with Crippen LogP contribution >= 0.6 is 0 Å². The molecule has 0 radical (unpaired) electrons. The number of carbonyl (C=O) groups excluding carboxylic acids is 2. The van der Waals surface area contributed by atoms with Crippen LogP contribution in [0.4, 0.5) is 0 Å². The molecule has 98 valence electrons. The second-order valence-electron chi connectivity index (χ2n) is 3.86. The Morgan fingerprint density at radius 3 is 2.59 bits per heavy atom. The van der Waals surface area contributed by atoms with Crippen molar-refractivity contribution in [1.82, 2.24) is 0 Å². The molecule has 1 fully saturated rings. The molecular formula is C11H18O5S. The summed E-state index contributed by atoms with van der Waals surface area (Å²) in [6.45, 7) is 3.14. The van der Waals surface area contributed by atoms with E-state index in [2.05, 4.69) is 4.74 Å². The maximum atomic E-state index is 11.8. The summed E-state index contributed by atoms with van der Waals surface area (Å²) in [6, 6.07) is 0. The third kappa shape index (κ3) is 5.41. The normalized spacial score (nSPS) is 18.6. The molecule has 0 saturated carbocycles. The van der Waals surface area contributed by atoms with Crippen molar-refractivity contribution < 1.29 is 23.3 Å². The molecule has 1 aliphatic heterocycles. The van der Waals surface area contributed by atoms with Crippen molar-refractivity contribution in [2.24, 2.45) is 0 Å². The van der Waals surface area contributed by atoms with Crippen molar-refractivity contribution in [1.29, 1.82) is 0 Å². The predicted octanol–water partition coefficient (Wildman–Crippen LogP) is 0.436. The second kappa shape index (κ2) is 7.55. The van der Waals surface area contributed by atoms with Crippen LogP contribution < -0.4 is 0 Å².